The standard InChI is InChI=1S/C8H13NO3/c10-5-7(11)9-3-4-12-6-8(9)1-2-8/h10H,1-6H2. The molecular formula is C8H13NO3. The van der Waals surface area contributed by atoms with Crippen molar-refractivity contribution in [2.24, 2.45) is 0 Å². The molecule has 68 valence electrons. The van der Waals surface area contributed by atoms with Crippen molar-refractivity contribution in [3.8, 4) is 0 Å². The Balaban J connectivity index is 2.06. The zero-order valence-corrected chi connectivity index (χ0v) is 6.95. The van der Waals surface area contributed by atoms with Crippen LogP contribution in [0.5, 0.6) is 0 Å². The van der Waals surface area contributed by atoms with E-state index in [0.717, 1.165) is 12.8 Å². The number of carbonyl (C=O) groups excluding carboxylic acids is 1. The third-order valence-corrected chi connectivity index (χ3v) is 2.67. The number of morpholine rings is 1. The van der Waals surface area contributed by atoms with Gasteiger partial charge in [0, 0.05) is 6.54 Å². The molecule has 0 radical (unpaired) electrons. The van der Waals surface area contributed by atoms with E-state index in [-0.39, 0.29) is 18.1 Å². The highest BCUT2D eigenvalue weighted by Crippen LogP contribution is 2.43. The number of carbonyl (C=O) groups is 1. The van der Waals surface area contributed by atoms with E-state index >= 15 is 0 Å². The normalized spacial score (nSPS) is 25.9. The summed E-state index contributed by atoms with van der Waals surface area (Å²) >= 11 is 0. The Labute approximate surface area is 71.1 Å². The highest BCUT2D eigenvalue weighted by Gasteiger charge is 2.51. The average molecular weight is 171 g/mol. The lowest BCUT2D eigenvalue weighted by Crippen LogP contribution is -2.51. The Morgan fingerprint density at radius 1 is 1.58 bits per heavy atom. The molecule has 12 heavy (non-hydrogen) atoms. The number of aliphatic hydroxyl groups excluding tert-OH is 1. The second kappa shape index (κ2) is 2.71. The van der Waals surface area contributed by atoms with E-state index in [1.807, 2.05) is 0 Å². The maximum atomic E-state index is 11.2. The summed E-state index contributed by atoms with van der Waals surface area (Å²) in [5.41, 5.74) is -0.0297. The lowest BCUT2D eigenvalue weighted by atomic mass is 10.2. The van der Waals surface area contributed by atoms with Crippen LogP contribution >= 0.6 is 0 Å². The fourth-order valence-electron chi connectivity index (χ4n) is 1.77. The molecule has 0 aromatic rings. The molecule has 0 aromatic carbocycles. The van der Waals surface area contributed by atoms with Gasteiger partial charge in [-0.2, -0.15) is 0 Å². The highest BCUT2D eigenvalue weighted by molar-refractivity contribution is 5.78. The van der Waals surface area contributed by atoms with Crippen LogP contribution in [-0.4, -0.2) is 47.8 Å². The predicted molar refractivity (Wildman–Crippen MR) is 41.6 cm³/mol. The topological polar surface area (TPSA) is 49.8 Å². The summed E-state index contributed by atoms with van der Waals surface area (Å²) in [6.07, 6.45) is 2.05. The summed E-state index contributed by atoms with van der Waals surface area (Å²) in [5.74, 6) is -0.157. The molecule has 4 heteroatoms. The summed E-state index contributed by atoms with van der Waals surface area (Å²) in [5, 5.41) is 8.72. The second-order valence-corrected chi connectivity index (χ2v) is 3.48. The van der Waals surface area contributed by atoms with E-state index < -0.39 is 0 Å². The second-order valence-electron chi connectivity index (χ2n) is 3.48. The first-order chi connectivity index (χ1) is 5.78. The summed E-state index contributed by atoms with van der Waals surface area (Å²) < 4.78 is 5.30. The molecule has 2 fully saturated rings. The number of amides is 1. The molecule has 2 aliphatic rings. The first kappa shape index (κ1) is 8.01. The van der Waals surface area contributed by atoms with Gasteiger partial charge in [-0.1, -0.05) is 0 Å². The van der Waals surface area contributed by atoms with Gasteiger partial charge in [-0.15, -0.1) is 0 Å². The fourth-order valence-corrected chi connectivity index (χ4v) is 1.77. The van der Waals surface area contributed by atoms with Crippen LogP contribution in [0.2, 0.25) is 0 Å². The fraction of sp³-hybridized carbons (Fsp3) is 0.875. The molecule has 4 nitrogen and oxygen atoms in total. The van der Waals surface area contributed by atoms with Gasteiger partial charge in [-0.05, 0) is 12.8 Å². The van der Waals surface area contributed by atoms with Crippen LogP contribution in [0.4, 0.5) is 0 Å². The first-order valence-electron chi connectivity index (χ1n) is 4.28. The molecule has 2 rings (SSSR count). The molecule has 0 bridgehead atoms. The van der Waals surface area contributed by atoms with E-state index in [9.17, 15) is 4.79 Å². The highest BCUT2D eigenvalue weighted by atomic mass is 16.5. The molecule has 1 aliphatic carbocycles. The van der Waals surface area contributed by atoms with Gasteiger partial charge in [0.15, 0.2) is 0 Å². The van der Waals surface area contributed by atoms with Crippen molar-refractivity contribution in [1.82, 2.24) is 4.90 Å². The Morgan fingerprint density at radius 2 is 2.33 bits per heavy atom. The predicted octanol–water partition coefficient (Wildman–Crippen LogP) is -0.630. The van der Waals surface area contributed by atoms with Crippen LogP contribution in [0, 0.1) is 0 Å². The summed E-state index contributed by atoms with van der Waals surface area (Å²) in [4.78, 5) is 13.0. The number of ether oxygens (including phenoxy) is 1. The Kier molecular flexibility index (Phi) is 1.81. The molecule has 1 saturated carbocycles. The molecule has 1 amide bonds. The quantitative estimate of drug-likeness (QED) is 0.571. The van der Waals surface area contributed by atoms with Crippen molar-refractivity contribution >= 4 is 5.91 Å². The molecule has 0 atom stereocenters. The first-order valence-corrected chi connectivity index (χ1v) is 4.28. The molecule has 1 spiro atoms. The maximum absolute atomic E-state index is 11.2. The van der Waals surface area contributed by atoms with Crippen LogP contribution in [0.3, 0.4) is 0 Å². The van der Waals surface area contributed by atoms with Gasteiger partial charge in [0.25, 0.3) is 0 Å². The smallest absolute Gasteiger partial charge is 0.248 e. The van der Waals surface area contributed by atoms with Gasteiger partial charge in [-0.3, -0.25) is 4.79 Å². The van der Waals surface area contributed by atoms with Crippen LogP contribution < -0.4 is 0 Å². The third kappa shape index (κ3) is 1.11. The number of rotatable bonds is 1. The van der Waals surface area contributed by atoms with Gasteiger partial charge in [0.2, 0.25) is 5.91 Å². The zero-order valence-electron chi connectivity index (χ0n) is 6.95. The summed E-state index contributed by atoms with van der Waals surface area (Å²) in [6, 6.07) is 0. The van der Waals surface area contributed by atoms with Crippen molar-refractivity contribution in [2.45, 2.75) is 18.4 Å². The van der Waals surface area contributed by atoms with Crippen molar-refractivity contribution in [2.75, 3.05) is 26.4 Å². The van der Waals surface area contributed by atoms with E-state index in [4.69, 9.17) is 9.84 Å². The van der Waals surface area contributed by atoms with Gasteiger partial charge < -0.3 is 14.7 Å². The van der Waals surface area contributed by atoms with E-state index in [1.54, 1.807) is 4.90 Å². The van der Waals surface area contributed by atoms with Crippen molar-refractivity contribution in [1.29, 1.82) is 0 Å². The molecule has 1 saturated heterocycles. The maximum Gasteiger partial charge on any atom is 0.248 e. The molecular weight excluding hydrogens is 158 g/mol. The minimum Gasteiger partial charge on any atom is -0.387 e. The molecule has 1 N–H and O–H groups in total. The minimum atomic E-state index is -0.373. The SMILES string of the molecule is O=C(CO)N1CCOCC12CC2. The number of aliphatic hydroxyl groups is 1. The lowest BCUT2D eigenvalue weighted by molar-refractivity contribution is -0.144. The number of hydrogen-bond acceptors (Lipinski definition) is 3. The largest absolute Gasteiger partial charge is 0.387 e. The molecule has 0 aromatic heterocycles. The third-order valence-electron chi connectivity index (χ3n) is 2.67. The van der Waals surface area contributed by atoms with E-state index in [0.29, 0.717) is 19.8 Å². The number of hydrogen-bond donors (Lipinski definition) is 1. The molecule has 1 heterocycles. The van der Waals surface area contributed by atoms with E-state index in [1.165, 1.54) is 0 Å². The number of nitrogens with zero attached hydrogens (tertiary/aromatic N) is 1. The van der Waals surface area contributed by atoms with Gasteiger partial charge in [0.1, 0.15) is 6.61 Å². The Morgan fingerprint density at radius 3 is 2.92 bits per heavy atom. The molecule has 0 unspecified atom stereocenters. The van der Waals surface area contributed by atoms with E-state index in [2.05, 4.69) is 0 Å². The van der Waals surface area contributed by atoms with Gasteiger partial charge in [0.05, 0.1) is 18.8 Å². The summed E-state index contributed by atoms with van der Waals surface area (Å²) in [6.45, 7) is 1.52. The van der Waals surface area contributed by atoms with Gasteiger partial charge in [-0.25, -0.2) is 0 Å². The van der Waals surface area contributed by atoms with Crippen LogP contribution in [0.25, 0.3) is 0 Å². The van der Waals surface area contributed by atoms with Crippen LogP contribution in [0.15, 0.2) is 0 Å². The van der Waals surface area contributed by atoms with Crippen molar-refractivity contribution in [3.05, 3.63) is 0 Å². The Bertz CT molecular complexity index is 200. The van der Waals surface area contributed by atoms with Gasteiger partial charge >= 0.3 is 0 Å². The van der Waals surface area contributed by atoms with Crippen molar-refractivity contribution in [3.63, 3.8) is 0 Å². The summed E-state index contributed by atoms with van der Waals surface area (Å²) in [7, 11) is 0. The Hall–Kier alpha value is -0.610. The average Bonchev–Trinajstić information content (AvgIpc) is 2.85. The van der Waals surface area contributed by atoms with Crippen molar-refractivity contribution < 1.29 is 14.6 Å². The molecule has 1 aliphatic heterocycles. The zero-order chi connectivity index (χ0) is 8.60. The van der Waals surface area contributed by atoms with Crippen LogP contribution in [0.1, 0.15) is 12.8 Å². The van der Waals surface area contributed by atoms with Crippen LogP contribution in [-0.2, 0) is 9.53 Å². The monoisotopic (exact) mass is 171 g/mol. The minimum absolute atomic E-state index is 0.0297. The lowest BCUT2D eigenvalue weighted by Gasteiger charge is -2.35.